The van der Waals surface area contributed by atoms with Crippen molar-refractivity contribution in [1.82, 2.24) is 14.8 Å². The van der Waals surface area contributed by atoms with Crippen LogP contribution in [0.3, 0.4) is 0 Å². The Labute approximate surface area is 234 Å². The van der Waals surface area contributed by atoms with Gasteiger partial charge in [0.25, 0.3) is 5.91 Å². The first kappa shape index (κ1) is 33.1. The molecule has 2 aromatic rings. The van der Waals surface area contributed by atoms with Crippen LogP contribution >= 0.6 is 12.4 Å². The highest BCUT2D eigenvalue weighted by Crippen LogP contribution is 2.35. The smallest absolute Gasteiger partial charge is 0.422 e. The van der Waals surface area contributed by atoms with E-state index in [0.29, 0.717) is 49.8 Å². The van der Waals surface area contributed by atoms with Gasteiger partial charge in [-0.15, -0.1) is 12.4 Å². The van der Waals surface area contributed by atoms with Gasteiger partial charge in [-0.05, 0) is 37.2 Å². The summed E-state index contributed by atoms with van der Waals surface area (Å²) in [4.78, 5) is 22.1. The Balaban J connectivity index is 0.00000560. The fourth-order valence-electron chi connectivity index (χ4n) is 3.97. The summed E-state index contributed by atoms with van der Waals surface area (Å²) in [7, 11) is 3.33. The number of piperazine rings is 1. The van der Waals surface area contributed by atoms with Gasteiger partial charge >= 0.3 is 12.4 Å². The van der Waals surface area contributed by atoms with Crippen LogP contribution in [0.25, 0.3) is 0 Å². The summed E-state index contributed by atoms with van der Waals surface area (Å²) in [6, 6.07) is 7.16. The van der Waals surface area contributed by atoms with Crippen LogP contribution in [0, 0.1) is 0 Å². The minimum atomic E-state index is -4.61. The minimum absolute atomic E-state index is 0. The number of ether oxygens (including phenoxy) is 2. The number of pyridine rings is 1. The molecular formula is C25H32ClF6N5O3. The van der Waals surface area contributed by atoms with E-state index < -0.39 is 25.6 Å². The molecule has 1 aliphatic rings. The normalized spacial score (nSPS) is 14.3. The molecule has 0 saturated carbocycles. The van der Waals surface area contributed by atoms with Gasteiger partial charge < -0.3 is 24.6 Å². The van der Waals surface area contributed by atoms with E-state index in [1.807, 2.05) is 4.90 Å². The zero-order valence-electron chi connectivity index (χ0n) is 22.0. The predicted octanol–water partition coefficient (Wildman–Crippen LogP) is 4.71. The van der Waals surface area contributed by atoms with Crippen molar-refractivity contribution < 1.29 is 40.6 Å². The number of carbonyl (C=O) groups excluding carboxylic acids is 1. The molecule has 1 N–H and O–H groups in total. The first-order chi connectivity index (χ1) is 18.3. The van der Waals surface area contributed by atoms with Gasteiger partial charge in [0, 0.05) is 59.1 Å². The molecule has 3 rings (SSSR count). The number of carbonyl (C=O) groups is 1. The molecule has 15 heteroatoms. The second kappa shape index (κ2) is 14.5. The van der Waals surface area contributed by atoms with Gasteiger partial charge in [0.2, 0.25) is 0 Å². The average Bonchev–Trinajstić information content (AvgIpc) is 2.88. The molecule has 1 saturated heterocycles. The van der Waals surface area contributed by atoms with E-state index in [9.17, 15) is 31.1 Å². The first-order valence-corrected chi connectivity index (χ1v) is 12.2. The first-order valence-electron chi connectivity index (χ1n) is 12.2. The molecule has 1 aliphatic heterocycles. The Bertz CT molecular complexity index is 1100. The second-order valence-corrected chi connectivity index (χ2v) is 9.15. The van der Waals surface area contributed by atoms with Crippen molar-refractivity contribution in [3.63, 3.8) is 0 Å². The molecule has 1 aromatic carbocycles. The van der Waals surface area contributed by atoms with E-state index >= 15 is 0 Å². The highest BCUT2D eigenvalue weighted by Gasteiger charge is 2.31. The third-order valence-corrected chi connectivity index (χ3v) is 5.83. The number of rotatable bonds is 11. The van der Waals surface area contributed by atoms with Crippen LogP contribution in [-0.4, -0.2) is 99.6 Å². The van der Waals surface area contributed by atoms with Gasteiger partial charge in [-0.25, -0.2) is 4.98 Å². The number of anilines is 2. The van der Waals surface area contributed by atoms with E-state index in [1.54, 1.807) is 32.4 Å². The van der Waals surface area contributed by atoms with Crippen LogP contribution in [0.2, 0.25) is 0 Å². The predicted molar refractivity (Wildman–Crippen MR) is 141 cm³/mol. The van der Waals surface area contributed by atoms with Crippen molar-refractivity contribution in [2.24, 2.45) is 0 Å². The summed E-state index contributed by atoms with van der Waals surface area (Å²) in [6.45, 7) is 0.407. The SMILES string of the molecule is CN(C)C(=O)c1cccnc1NCCCN1CCN(c2ccc(OCC(F)(F)F)cc2OCC(F)(F)F)CC1.Cl. The second-order valence-electron chi connectivity index (χ2n) is 9.15. The molecule has 1 fully saturated rings. The zero-order valence-corrected chi connectivity index (χ0v) is 22.8. The van der Waals surface area contributed by atoms with Crippen molar-refractivity contribution in [3.8, 4) is 11.5 Å². The lowest BCUT2D eigenvalue weighted by atomic mass is 10.2. The summed E-state index contributed by atoms with van der Waals surface area (Å²) >= 11 is 0. The number of hydrogen-bond acceptors (Lipinski definition) is 7. The van der Waals surface area contributed by atoms with E-state index in [0.717, 1.165) is 19.0 Å². The monoisotopic (exact) mass is 599 g/mol. The molecule has 0 bridgehead atoms. The molecule has 1 aromatic heterocycles. The summed E-state index contributed by atoms with van der Waals surface area (Å²) < 4.78 is 85.4. The van der Waals surface area contributed by atoms with Crippen molar-refractivity contribution in [3.05, 3.63) is 42.1 Å². The van der Waals surface area contributed by atoms with Crippen molar-refractivity contribution in [2.75, 3.05) is 76.8 Å². The maximum atomic E-state index is 12.8. The standard InChI is InChI=1S/C25H31F6N5O3.ClH/c1-34(2)23(37)19-5-3-8-32-22(19)33-9-4-10-35-11-13-36(14-12-35)20-7-6-18(38-16-24(26,27)28)15-21(20)39-17-25(29,30)31;/h3,5-8,15H,4,9-14,16-17H2,1-2H3,(H,32,33);1H. The number of alkyl halides is 6. The molecule has 0 unspecified atom stereocenters. The van der Waals surface area contributed by atoms with Gasteiger partial charge in [0.1, 0.15) is 17.3 Å². The van der Waals surface area contributed by atoms with Crippen LogP contribution in [-0.2, 0) is 0 Å². The molecule has 224 valence electrons. The van der Waals surface area contributed by atoms with E-state index in [-0.39, 0.29) is 29.8 Å². The number of aromatic nitrogens is 1. The number of nitrogens with zero attached hydrogens (tertiary/aromatic N) is 4. The molecule has 0 aliphatic carbocycles. The number of benzene rings is 1. The summed E-state index contributed by atoms with van der Waals surface area (Å²) in [5, 5.41) is 3.20. The highest BCUT2D eigenvalue weighted by molar-refractivity contribution is 5.98. The highest BCUT2D eigenvalue weighted by atomic mass is 35.5. The topological polar surface area (TPSA) is 70.2 Å². The molecular weight excluding hydrogens is 568 g/mol. The Kier molecular flexibility index (Phi) is 12.0. The maximum absolute atomic E-state index is 12.8. The van der Waals surface area contributed by atoms with Crippen LogP contribution in [0.4, 0.5) is 37.8 Å². The molecule has 8 nitrogen and oxygen atoms in total. The van der Waals surface area contributed by atoms with Gasteiger partial charge in [-0.1, -0.05) is 0 Å². The zero-order chi connectivity index (χ0) is 28.6. The van der Waals surface area contributed by atoms with Crippen LogP contribution in [0.1, 0.15) is 16.8 Å². The molecule has 0 atom stereocenters. The van der Waals surface area contributed by atoms with Crippen molar-refractivity contribution in [2.45, 2.75) is 18.8 Å². The lowest BCUT2D eigenvalue weighted by molar-refractivity contribution is -0.153. The Morgan fingerprint density at radius 2 is 1.65 bits per heavy atom. The molecule has 2 heterocycles. The third kappa shape index (κ3) is 10.5. The molecule has 0 radical (unpaired) electrons. The van der Waals surface area contributed by atoms with Crippen molar-refractivity contribution >= 4 is 29.8 Å². The Hall–Kier alpha value is -3.13. The largest absolute Gasteiger partial charge is 0.484 e. The van der Waals surface area contributed by atoms with Crippen LogP contribution in [0.5, 0.6) is 11.5 Å². The average molecular weight is 600 g/mol. The summed E-state index contributed by atoms with van der Waals surface area (Å²) in [6.07, 6.45) is -6.82. The molecule has 0 spiro atoms. The summed E-state index contributed by atoms with van der Waals surface area (Å²) in [5.41, 5.74) is 0.836. The minimum Gasteiger partial charge on any atom is -0.484 e. The molecule has 40 heavy (non-hydrogen) atoms. The lowest BCUT2D eigenvalue weighted by Crippen LogP contribution is -2.47. The number of nitrogens with one attached hydrogen (secondary N) is 1. The lowest BCUT2D eigenvalue weighted by Gasteiger charge is -2.37. The van der Waals surface area contributed by atoms with E-state index in [1.165, 1.54) is 17.0 Å². The quantitative estimate of drug-likeness (QED) is 0.296. The van der Waals surface area contributed by atoms with Gasteiger partial charge in [-0.3, -0.25) is 9.69 Å². The fourth-order valence-corrected chi connectivity index (χ4v) is 3.97. The van der Waals surface area contributed by atoms with E-state index in [4.69, 9.17) is 4.74 Å². The van der Waals surface area contributed by atoms with Crippen LogP contribution < -0.4 is 19.7 Å². The van der Waals surface area contributed by atoms with Gasteiger partial charge in [0.15, 0.2) is 13.2 Å². The number of halogens is 7. The van der Waals surface area contributed by atoms with Crippen molar-refractivity contribution in [1.29, 1.82) is 0 Å². The van der Waals surface area contributed by atoms with Gasteiger partial charge in [0.05, 0.1) is 11.3 Å². The third-order valence-electron chi connectivity index (χ3n) is 5.83. The van der Waals surface area contributed by atoms with Gasteiger partial charge in [-0.2, -0.15) is 26.3 Å². The fraction of sp³-hybridized carbons (Fsp3) is 0.520. The number of amides is 1. The van der Waals surface area contributed by atoms with Crippen LogP contribution in [0.15, 0.2) is 36.5 Å². The number of hydrogen-bond donors (Lipinski definition) is 1. The summed E-state index contributed by atoms with van der Waals surface area (Å²) in [5.74, 6) is -0.0684. The Morgan fingerprint density at radius 1 is 1.00 bits per heavy atom. The molecule has 1 amide bonds. The van der Waals surface area contributed by atoms with E-state index in [2.05, 4.69) is 19.9 Å². The maximum Gasteiger partial charge on any atom is 0.422 e. The Morgan fingerprint density at radius 3 is 2.27 bits per heavy atom.